The van der Waals surface area contributed by atoms with E-state index >= 15 is 0 Å². The van der Waals surface area contributed by atoms with Crippen molar-refractivity contribution < 1.29 is 17.9 Å². The molecule has 0 aromatic heterocycles. The third-order valence-electron chi connectivity index (χ3n) is 4.05. The van der Waals surface area contributed by atoms with Gasteiger partial charge in [0.25, 0.3) is 5.91 Å². The number of likely N-dealkylation sites (tertiary alicyclic amines) is 1. The first kappa shape index (κ1) is 17.7. The molecule has 1 aliphatic rings. The highest BCUT2D eigenvalue weighted by molar-refractivity contribution is 7.88. The van der Waals surface area contributed by atoms with Gasteiger partial charge in [-0.3, -0.25) is 4.79 Å². The van der Waals surface area contributed by atoms with Crippen LogP contribution in [-0.4, -0.2) is 51.7 Å². The predicted octanol–water partition coefficient (Wildman–Crippen LogP) is 1.63. The van der Waals surface area contributed by atoms with Gasteiger partial charge < -0.3 is 9.64 Å². The number of carbonyl (C=O) groups excluding carboxylic acids is 1. The Hall–Kier alpha value is -1.60. The largest absolute Gasteiger partial charge is 0.497 e. The number of nitrogens with zero attached hydrogens (tertiary/aromatic N) is 1. The fraction of sp³-hybridized carbons (Fsp3) is 0.562. The van der Waals surface area contributed by atoms with Crippen LogP contribution in [0.25, 0.3) is 0 Å². The molecule has 1 aromatic carbocycles. The summed E-state index contributed by atoms with van der Waals surface area (Å²) in [6, 6.07) is 7.20. The summed E-state index contributed by atoms with van der Waals surface area (Å²) in [5, 5.41) is 0. The molecule has 1 aromatic rings. The number of sulfonamides is 1. The maximum atomic E-state index is 12.8. The Balaban J connectivity index is 2.06. The second kappa shape index (κ2) is 7.79. The maximum absolute atomic E-state index is 12.8. The van der Waals surface area contributed by atoms with Gasteiger partial charge in [-0.2, -0.15) is 0 Å². The van der Waals surface area contributed by atoms with Gasteiger partial charge in [0.1, 0.15) is 5.75 Å². The van der Waals surface area contributed by atoms with Crippen molar-refractivity contribution >= 4 is 15.9 Å². The van der Waals surface area contributed by atoms with Crippen LogP contribution in [-0.2, 0) is 10.0 Å². The number of hydrogen-bond acceptors (Lipinski definition) is 4. The van der Waals surface area contributed by atoms with Crippen LogP contribution in [0.4, 0.5) is 0 Å². The number of piperidine rings is 1. The summed E-state index contributed by atoms with van der Waals surface area (Å²) in [5.74, 6) is 0.635. The van der Waals surface area contributed by atoms with E-state index in [1.807, 2.05) is 4.90 Å². The van der Waals surface area contributed by atoms with Crippen LogP contribution in [0.3, 0.4) is 0 Å². The van der Waals surface area contributed by atoms with Crippen LogP contribution >= 0.6 is 0 Å². The lowest BCUT2D eigenvalue weighted by Crippen LogP contribution is -2.45. The lowest BCUT2D eigenvalue weighted by atomic mass is 9.98. The molecule has 0 spiro atoms. The lowest BCUT2D eigenvalue weighted by Gasteiger charge is -2.36. The van der Waals surface area contributed by atoms with Gasteiger partial charge in [0.05, 0.1) is 13.4 Å². The molecule has 1 fully saturated rings. The molecule has 2 rings (SSSR count). The van der Waals surface area contributed by atoms with E-state index in [1.165, 1.54) is 0 Å². The van der Waals surface area contributed by atoms with E-state index in [0.717, 1.165) is 25.5 Å². The molecule has 1 unspecified atom stereocenters. The van der Waals surface area contributed by atoms with E-state index in [-0.39, 0.29) is 11.9 Å². The highest BCUT2D eigenvalue weighted by Crippen LogP contribution is 2.23. The Kier molecular flexibility index (Phi) is 6.01. The van der Waals surface area contributed by atoms with Crippen LogP contribution in [0.1, 0.15) is 36.0 Å². The van der Waals surface area contributed by atoms with E-state index in [1.54, 1.807) is 31.4 Å². The molecular formula is C16H24N2O4S. The fourth-order valence-corrected chi connectivity index (χ4v) is 3.39. The number of amides is 1. The van der Waals surface area contributed by atoms with Crippen molar-refractivity contribution in [2.24, 2.45) is 0 Å². The zero-order valence-electron chi connectivity index (χ0n) is 13.6. The summed E-state index contributed by atoms with van der Waals surface area (Å²) in [5.41, 5.74) is 0.604. The fourth-order valence-electron chi connectivity index (χ4n) is 2.90. The molecule has 1 atom stereocenters. The number of carbonyl (C=O) groups is 1. The van der Waals surface area contributed by atoms with Crippen molar-refractivity contribution in [1.29, 1.82) is 0 Å². The van der Waals surface area contributed by atoms with E-state index < -0.39 is 10.0 Å². The number of ether oxygens (including phenoxy) is 1. The molecule has 1 saturated heterocycles. The standard InChI is InChI=1S/C16H24N2O4S/c1-22-15-8-5-6-13(12-15)16(19)18-11-4-3-7-14(18)9-10-17-23(2,20)21/h5-6,8,12,14,17H,3-4,7,9-11H2,1-2H3. The van der Waals surface area contributed by atoms with Gasteiger partial charge in [-0.1, -0.05) is 6.07 Å². The van der Waals surface area contributed by atoms with Crippen molar-refractivity contribution in [3.63, 3.8) is 0 Å². The van der Waals surface area contributed by atoms with Gasteiger partial charge in [-0.05, 0) is 43.9 Å². The minimum atomic E-state index is -3.19. The normalized spacial score (nSPS) is 18.7. The molecular weight excluding hydrogens is 316 g/mol. The van der Waals surface area contributed by atoms with Crippen molar-refractivity contribution in [3.05, 3.63) is 29.8 Å². The van der Waals surface area contributed by atoms with Gasteiger partial charge in [-0.25, -0.2) is 13.1 Å². The quantitative estimate of drug-likeness (QED) is 0.854. The zero-order valence-corrected chi connectivity index (χ0v) is 14.4. The summed E-state index contributed by atoms with van der Waals surface area (Å²) in [4.78, 5) is 14.6. The van der Waals surface area contributed by atoms with Crippen LogP contribution in [0.2, 0.25) is 0 Å². The molecule has 0 saturated carbocycles. The first-order valence-electron chi connectivity index (χ1n) is 7.80. The Morgan fingerprint density at radius 2 is 2.17 bits per heavy atom. The predicted molar refractivity (Wildman–Crippen MR) is 89.1 cm³/mol. The molecule has 0 aliphatic carbocycles. The number of hydrogen-bond donors (Lipinski definition) is 1. The zero-order chi connectivity index (χ0) is 16.9. The molecule has 128 valence electrons. The Labute approximate surface area is 137 Å². The molecule has 6 nitrogen and oxygen atoms in total. The van der Waals surface area contributed by atoms with Crippen molar-refractivity contribution in [1.82, 2.24) is 9.62 Å². The minimum Gasteiger partial charge on any atom is -0.497 e. The van der Waals surface area contributed by atoms with Crippen LogP contribution < -0.4 is 9.46 Å². The molecule has 1 heterocycles. The maximum Gasteiger partial charge on any atom is 0.254 e. The van der Waals surface area contributed by atoms with E-state index in [2.05, 4.69) is 4.72 Å². The van der Waals surface area contributed by atoms with Crippen LogP contribution in [0, 0.1) is 0 Å². The third kappa shape index (κ3) is 5.21. The average Bonchev–Trinajstić information content (AvgIpc) is 2.53. The average molecular weight is 340 g/mol. The van der Waals surface area contributed by atoms with Gasteiger partial charge >= 0.3 is 0 Å². The molecule has 0 bridgehead atoms. The number of rotatable bonds is 6. The summed E-state index contributed by atoms with van der Waals surface area (Å²) in [6.07, 6.45) is 4.72. The Bertz CT molecular complexity index is 645. The monoisotopic (exact) mass is 340 g/mol. The highest BCUT2D eigenvalue weighted by atomic mass is 32.2. The lowest BCUT2D eigenvalue weighted by molar-refractivity contribution is 0.0603. The number of methoxy groups -OCH3 is 1. The molecule has 1 amide bonds. The number of benzene rings is 1. The molecule has 7 heteroatoms. The first-order valence-corrected chi connectivity index (χ1v) is 9.69. The molecule has 23 heavy (non-hydrogen) atoms. The van der Waals surface area contributed by atoms with Gasteiger partial charge in [0.2, 0.25) is 10.0 Å². The van der Waals surface area contributed by atoms with E-state index in [9.17, 15) is 13.2 Å². The van der Waals surface area contributed by atoms with E-state index in [0.29, 0.717) is 30.8 Å². The first-order chi connectivity index (χ1) is 10.9. The van der Waals surface area contributed by atoms with Crippen molar-refractivity contribution in [3.8, 4) is 5.75 Å². The number of nitrogens with one attached hydrogen (secondary N) is 1. The molecule has 1 aliphatic heterocycles. The van der Waals surface area contributed by atoms with Crippen molar-refractivity contribution in [2.75, 3.05) is 26.5 Å². The summed E-state index contributed by atoms with van der Waals surface area (Å²) in [7, 11) is -1.62. The second-order valence-corrected chi connectivity index (χ2v) is 7.67. The molecule has 1 N–H and O–H groups in total. The Morgan fingerprint density at radius 3 is 2.87 bits per heavy atom. The second-order valence-electron chi connectivity index (χ2n) is 5.84. The van der Waals surface area contributed by atoms with Gasteiger partial charge in [-0.15, -0.1) is 0 Å². The summed E-state index contributed by atoms with van der Waals surface area (Å²) >= 11 is 0. The van der Waals surface area contributed by atoms with Crippen molar-refractivity contribution in [2.45, 2.75) is 31.7 Å². The smallest absolute Gasteiger partial charge is 0.254 e. The summed E-state index contributed by atoms with van der Waals surface area (Å²) in [6.45, 7) is 1.06. The topological polar surface area (TPSA) is 75.7 Å². The Morgan fingerprint density at radius 1 is 1.39 bits per heavy atom. The highest BCUT2D eigenvalue weighted by Gasteiger charge is 2.27. The van der Waals surface area contributed by atoms with Crippen LogP contribution in [0.15, 0.2) is 24.3 Å². The third-order valence-corrected chi connectivity index (χ3v) is 4.78. The van der Waals surface area contributed by atoms with Crippen LogP contribution in [0.5, 0.6) is 5.75 Å². The summed E-state index contributed by atoms with van der Waals surface area (Å²) < 4.78 is 30.0. The molecule has 0 radical (unpaired) electrons. The van der Waals surface area contributed by atoms with E-state index in [4.69, 9.17) is 4.74 Å². The SMILES string of the molecule is COc1cccc(C(=O)N2CCCCC2CCNS(C)(=O)=O)c1. The van der Waals surface area contributed by atoms with Gasteiger partial charge in [0.15, 0.2) is 0 Å². The van der Waals surface area contributed by atoms with Gasteiger partial charge in [0, 0.05) is 24.7 Å². The minimum absolute atomic E-state index is 0.0204.